The number of hydrogen-bond acceptors (Lipinski definition) is 3. The lowest BCUT2D eigenvalue weighted by Crippen LogP contribution is -2.31. The molecule has 1 saturated heterocycles. The molecular formula is C12H23N3. The Bertz CT molecular complexity index is 230. The molecular weight excluding hydrogens is 186 g/mol. The summed E-state index contributed by atoms with van der Waals surface area (Å²) in [5, 5.41) is 8.94. The van der Waals surface area contributed by atoms with E-state index in [1.165, 1.54) is 19.5 Å². The third kappa shape index (κ3) is 4.63. The Balaban J connectivity index is 2.30. The first-order valence-electron chi connectivity index (χ1n) is 5.86. The third-order valence-electron chi connectivity index (χ3n) is 3.17. The largest absolute Gasteiger partial charge is 0.305 e. The van der Waals surface area contributed by atoms with Crippen LogP contribution in [0.25, 0.3) is 0 Å². The van der Waals surface area contributed by atoms with Gasteiger partial charge in [-0.1, -0.05) is 0 Å². The molecule has 0 aliphatic carbocycles. The van der Waals surface area contributed by atoms with Gasteiger partial charge in [-0.05, 0) is 53.4 Å². The third-order valence-corrected chi connectivity index (χ3v) is 3.17. The van der Waals surface area contributed by atoms with Crippen molar-refractivity contribution in [1.82, 2.24) is 9.80 Å². The Morgan fingerprint density at radius 3 is 2.60 bits per heavy atom. The summed E-state index contributed by atoms with van der Waals surface area (Å²) in [6, 6.07) is 2.37. The van der Waals surface area contributed by atoms with Gasteiger partial charge in [-0.15, -0.1) is 0 Å². The van der Waals surface area contributed by atoms with Gasteiger partial charge in [0.05, 0.1) is 11.5 Å². The first kappa shape index (κ1) is 12.5. The Morgan fingerprint density at radius 2 is 1.93 bits per heavy atom. The van der Waals surface area contributed by atoms with Gasteiger partial charge in [-0.2, -0.15) is 5.26 Å². The molecule has 86 valence electrons. The predicted molar refractivity (Wildman–Crippen MR) is 62.6 cm³/mol. The van der Waals surface area contributed by atoms with Crippen LogP contribution < -0.4 is 0 Å². The second-order valence-corrected chi connectivity index (χ2v) is 5.24. The molecule has 3 nitrogen and oxygen atoms in total. The van der Waals surface area contributed by atoms with Gasteiger partial charge in [0.15, 0.2) is 0 Å². The van der Waals surface area contributed by atoms with Crippen LogP contribution in [-0.2, 0) is 0 Å². The molecule has 0 aromatic heterocycles. The van der Waals surface area contributed by atoms with E-state index in [1.807, 2.05) is 13.8 Å². The average molecular weight is 209 g/mol. The van der Waals surface area contributed by atoms with Crippen LogP contribution in [0, 0.1) is 16.7 Å². The maximum Gasteiger partial charge on any atom is 0.0684 e. The smallest absolute Gasteiger partial charge is 0.0684 e. The van der Waals surface area contributed by atoms with Crippen LogP contribution >= 0.6 is 0 Å². The van der Waals surface area contributed by atoms with E-state index in [1.54, 1.807) is 0 Å². The van der Waals surface area contributed by atoms with Crippen LogP contribution in [0.1, 0.15) is 26.7 Å². The van der Waals surface area contributed by atoms with Gasteiger partial charge in [0.2, 0.25) is 0 Å². The zero-order chi connectivity index (χ0) is 11.3. The standard InChI is InChI=1S/C12H23N3/c1-12(2,11-13)5-8-15-7-4-6-14(3)9-10-15/h4-10H2,1-3H3. The van der Waals surface area contributed by atoms with E-state index < -0.39 is 0 Å². The Morgan fingerprint density at radius 1 is 1.20 bits per heavy atom. The van der Waals surface area contributed by atoms with Crippen molar-refractivity contribution < 1.29 is 0 Å². The molecule has 1 rings (SSSR count). The molecule has 3 heteroatoms. The van der Waals surface area contributed by atoms with E-state index in [0.29, 0.717) is 0 Å². The highest BCUT2D eigenvalue weighted by Crippen LogP contribution is 2.19. The van der Waals surface area contributed by atoms with E-state index in [-0.39, 0.29) is 5.41 Å². The fourth-order valence-electron chi connectivity index (χ4n) is 1.82. The number of likely N-dealkylation sites (N-methyl/N-ethyl adjacent to an activating group) is 1. The quantitative estimate of drug-likeness (QED) is 0.706. The fourth-order valence-corrected chi connectivity index (χ4v) is 1.82. The van der Waals surface area contributed by atoms with Crippen LogP contribution in [0.5, 0.6) is 0 Å². The molecule has 1 heterocycles. The van der Waals surface area contributed by atoms with Gasteiger partial charge >= 0.3 is 0 Å². The highest BCUT2D eigenvalue weighted by atomic mass is 15.2. The summed E-state index contributed by atoms with van der Waals surface area (Å²) in [5.74, 6) is 0. The molecule has 15 heavy (non-hydrogen) atoms. The highest BCUT2D eigenvalue weighted by molar-refractivity contribution is 4.92. The molecule has 1 aliphatic rings. The topological polar surface area (TPSA) is 30.3 Å². The van der Waals surface area contributed by atoms with Crippen LogP contribution in [0.3, 0.4) is 0 Å². The zero-order valence-electron chi connectivity index (χ0n) is 10.3. The van der Waals surface area contributed by atoms with Gasteiger partial charge in [-0.25, -0.2) is 0 Å². The fraction of sp³-hybridized carbons (Fsp3) is 0.917. The van der Waals surface area contributed by atoms with Gasteiger partial charge in [0, 0.05) is 13.1 Å². The normalized spacial score (nSPS) is 20.9. The van der Waals surface area contributed by atoms with Gasteiger partial charge in [0.25, 0.3) is 0 Å². The minimum atomic E-state index is -0.168. The molecule has 0 N–H and O–H groups in total. The SMILES string of the molecule is CN1CCCN(CCC(C)(C)C#N)CC1. The molecule has 0 aromatic rings. The zero-order valence-corrected chi connectivity index (χ0v) is 10.3. The van der Waals surface area contributed by atoms with Crippen molar-refractivity contribution in [3.8, 4) is 6.07 Å². The summed E-state index contributed by atoms with van der Waals surface area (Å²) in [5.41, 5.74) is -0.168. The van der Waals surface area contributed by atoms with E-state index in [0.717, 1.165) is 26.1 Å². The highest BCUT2D eigenvalue weighted by Gasteiger charge is 2.19. The van der Waals surface area contributed by atoms with E-state index in [4.69, 9.17) is 5.26 Å². The number of nitriles is 1. The second-order valence-electron chi connectivity index (χ2n) is 5.24. The molecule has 1 aliphatic heterocycles. The maximum absolute atomic E-state index is 8.94. The monoisotopic (exact) mass is 209 g/mol. The Kier molecular flexibility index (Phi) is 4.56. The van der Waals surface area contributed by atoms with Crippen LogP contribution in [0.2, 0.25) is 0 Å². The van der Waals surface area contributed by atoms with Gasteiger partial charge in [-0.3, -0.25) is 0 Å². The first-order chi connectivity index (χ1) is 7.03. The predicted octanol–water partition coefficient (Wildman–Crippen LogP) is 1.56. The van der Waals surface area contributed by atoms with Crippen molar-refractivity contribution in [2.45, 2.75) is 26.7 Å². The Hall–Kier alpha value is -0.590. The molecule has 0 saturated carbocycles. The summed E-state index contributed by atoms with van der Waals surface area (Å²) >= 11 is 0. The Labute approximate surface area is 93.7 Å². The lowest BCUT2D eigenvalue weighted by Gasteiger charge is -2.23. The molecule has 1 fully saturated rings. The number of nitrogens with zero attached hydrogens (tertiary/aromatic N) is 3. The van der Waals surface area contributed by atoms with Crippen LogP contribution in [0.15, 0.2) is 0 Å². The molecule has 0 spiro atoms. The number of hydrogen-bond donors (Lipinski definition) is 0. The minimum Gasteiger partial charge on any atom is -0.305 e. The summed E-state index contributed by atoms with van der Waals surface area (Å²) in [4.78, 5) is 4.87. The molecule has 0 bridgehead atoms. The molecule has 0 aromatic carbocycles. The van der Waals surface area contributed by atoms with Crippen molar-refractivity contribution in [2.75, 3.05) is 39.8 Å². The van der Waals surface area contributed by atoms with Gasteiger partial charge < -0.3 is 9.80 Å². The average Bonchev–Trinajstić information content (AvgIpc) is 2.40. The van der Waals surface area contributed by atoms with Crippen LogP contribution in [-0.4, -0.2) is 49.6 Å². The first-order valence-corrected chi connectivity index (χ1v) is 5.86. The maximum atomic E-state index is 8.94. The van der Waals surface area contributed by atoms with Crippen molar-refractivity contribution >= 4 is 0 Å². The molecule has 0 radical (unpaired) electrons. The van der Waals surface area contributed by atoms with Gasteiger partial charge in [0.1, 0.15) is 0 Å². The summed E-state index contributed by atoms with van der Waals surface area (Å²) in [7, 11) is 2.18. The van der Waals surface area contributed by atoms with Crippen LogP contribution in [0.4, 0.5) is 0 Å². The van der Waals surface area contributed by atoms with Crippen molar-refractivity contribution in [3.05, 3.63) is 0 Å². The lowest BCUT2D eigenvalue weighted by molar-refractivity contribution is 0.246. The lowest BCUT2D eigenvalue weighted by atomic mass is 9.91. The summed E-state index contributed by atoms with van der Waals surface area (Å²) in [6.07, 6.45) is 2.23. The van der Waals surface area contributed by atoms with Crippen molar-refractivity contribution in [3.63, 3.8) is 0 Å². The number of rotatable bonds is 3. The second kappa shape index (κ2) is 5.48. The molecule has 0 unspecified atom stereocenters. The van der Waals surface area contributed by atoms with Crippen molar-refractivity contribution in [1.29, 1.82) is 5.26 Å². The summed E-state index contributed by atoms with van der Waals surface area (Å²) < 4.78 is 0. The minimum absolute atomic E-state index is 0.168. The van der Waals surface area contributed by atoms with E-state index in [2.05, 4.69) is 22.9 Å². The van der Waals surface area contributed by atoms with E-state index >= 15 is 0 Å². The van der Waals surface area contributed by atoms with Crippen molar-refractivity contribution in [2.24, 2.45) is 5.41 Å². The molecule has 0 amide bonds. The summed E-state index contributed by atoms with van der Waals surface area (Å²) in [6.45, 7) is 9.82. The van der Waals surface area contributed by atoms with E-state index in [9.17, 15) is 0 Å². The molecule has 0 atom stereocenters.